The van der Waals surface area contributed by atoms with Gasteiger partial charge >= 0.3 is 12.4 Å². The predicted octanol–water partition coefficient (Wildman–Crippen LogP) is 1.56. The van der Waals surface area contributed by atoms with Crippen molar-refractivity contribution in [2.75, 3.05) is 0 Å². The summed E-state index contributed by atoms with van der Waals surface area (Å²) in [7, 11) is 0. The fourth-order valence-corrected chi connectivity index (χ4v) is 1.36. The van der Waals surface area contributed by atoms with Gasteiger partial charge in [-0.15, -0.1) is 0 Å². The highest BCUT2D eigenvalue weighted by Crippen LogP contribution is 2.17. The van der Waals surface area contributed by atoms with Crippen LogP contribution >= 0.6 is 0 Å². The molecule has 17 heavy (non-hydrogen) atoms. The Morgan fingerprint density at radius 3 is 2.94 bits per heavy atom. The minimum Gasteiger partial charge on any atom is -0.435 e. The molecule has 0 aliphatic heterocycles. The first-order valence-corrected chi connectivity index (χ1v) is 4.72. The molecule has 0 saturated carbocycles. The number of rotatable bonds is 4. The monoisotopic (exact) mass is 242 g/mol. The molecule has 1 aromatic carbocycles. The largest absolute Gasteiger partial charge is 0.438 e. The van der Waals surface area contributed by atoms with Gasteiger partial charge in [-0.05, 0) is 17.7 Å². The number of ether oxygens (including phenoxy) is 1. The van der Waals surface area contributed by atoms with Crippen LogP contribution in [0, 0.1) is 0 Å². The van der Waals surface area contributed by atoms with Crippen molar-refractivity contribution < 1.29 is 18.0 Å². The zero-order valence-electron chi connectivity index (χ0n) is 8.52. The summed E-state index contributed by atoms with van der Waals surface area (Å²) in [4.78, 5) is 13.0. The highest BCUT2D eigenvalue weighted by Gasteiger charge is 2.06. The molecular weight excluding hydrogens is 234 g/mol. The number of hydrogen-bond acceptors (Lipinski definition) is 4. The Labute approximate surface area is 94.0 Å². The normalized spacial score (nSPS) is 10.8. The molecule has 2 aromatic rings. The Hall–Kier alpha value is -2.18. The average Bonchev–Trinajstić information content (AvgIpc) is 2.63. The summed E-state index contributed by atoms with van der Waals surface area (Å²) in [5, 5.41) is 3.47. The van der Waals surface area contributed by atoms with Crippen molar-refractivity contribution in [2.24, 2.45) is 0 Å². The van der Waals surface area contributed by atoms with E-state index in [1.807, 2.05) is 0 Å². The lowest BCUT2D eigenvalue weighted by Gasteiger charge is -2.05. The Kier molecular flexibility index (Phi) is 3.17. The van der Waals surface area contributed by atoms with Crippen molar-refractivity contribution in [3.63, 3.8) is 0 Å². The Morgan fingerprint density at radius 1 is 1.47 bits per heavy atom. The number of aromatic amines is 1. The summed E-state index contributed by atoms with van der Waals surface area (Å²) in [6.45, 7) is -2.86. The SMILES string of the molecule is O=c1[nH]c(Cc2cccc(OC(F)F)c2)no1. The second kappa shape index (κ2) is 4.77. The summed E-state index contributed by atoms with van der Waals surface area (Å²) in [5.74, 6) is -0.271. The van der Waals surface area contributed by atoms with E-state index in [0.29, 0.717) is 11.4 Å². The molecule has 2 rings (SSSR count). The molecule has 0 amide bonds. The van der Waals surface area contributed by atoms with Gasteiger partial charge in [0.05, 0.1) is 0 Å². The number of halogens is 2. The summed E-state index contributed by atoms with van der Waals surface area (Å²) >= 11 is 0. The zero-order chi connectivity index (χ0) is 12.3. The van der Waals surface area contributed by atoms with Gasteiger partial charge in [0.1, 0.15) is 5.75 Å². The van der Waals surface area contributed by atoms with Crippen molar-refractivity contribution in [1.29, 1.82) is 0 Å². The number of alkyl halides is 2. The number of hydrogen-bond donors (Lipinski definition) is 1. The second-order valence-electron chi connectivity index (χ2n) is 3.24. The molecule has 0 spiro atoms. The van der Waals surface area contributed by atoms with Crippen LogP contribution in [0.5, 0.6) is 5.75 Å². The van der Waals surface area contributed by atoms with Crippen molar-refractivity contribution in [1.82, 2.24) is 10.1 Å². The second-order valence-corrected chi connectivity index (χ2v) is 3.24. The van der Waals surface area contributed by atoms with E-state index in [9.17, 15) is 13.6 Å². The Balaban J connectivity index is 2.13. The maximum absolute atomic E-state index is 12.0. The molecule has 0 atom stereocenters. The van der Waals surface area contributed by atoms with Crippen molar-refractivity contribution in [2.45, 2.75) is 13.0 Å². The van der Waals surface area contributed by atoms with Gasteiger partial charge in [-0.2, -0.15) is 8.78 Å². The number of nitrogens with zero attached hydrogens (tertiary/aromatic N) is 1. The molecule has 0 saturated heterocycles. The Morgan fingerprint density at radius 2 is 2.29 bits per heavy atom. The van der Waals surface area contributed by atoms with E-state index in [1.54, 1.807) is 12.1 Å². The lowest BCUT2D eigenvalue weighted by Crippen LogP contribution is -2.02. The van der Waals surface area contributed by atoms with Gasteiger partial charge in [-0.1, -0.05) is 17.3 Å². The number of nitrogens with one attached hydrogen (secondary N) is 1. The number of H-pyrrole nitrogens is 1. The van der Waals surface area contributed by atoms with Gasteiger partial charge in [0.25, 0.3) is 0 Å². The molecule has 0 unspecified atom stereocenters. The van der Waals surface area contributed by atoms with Gasteiger partial charge in [-0.25, -0.2) is 4.79 Å². The number of aromatic nitrogens is 2. The molecule has 0 aliphatic rings. The van der Waals surface area contributed by atoms with Crippen LogP contribution < -0.4 is 10.5 Å². The molecule has 1 heterocycles. The molecule has 5 nitrogen and oxygen atoms in total. The van der Waals surface area contributed by atoms with E-state index in [4.69, 9.17) is 0 Å². The first-order valence-electron chi connectivity index (χ1n) is 4.72. The molecule has 90 valence electrons. The average molecular weight is 242 g/mol. The van der Waals surface area contributed by atoms with E-state index in [2.05, 4.69) is 19.4 Å². The van der Waals surface area contributed by atoms with Gasteiger partial charge in [0.2, 0.25) is 0 Å². The summed E-state index contributed by atoms with van der Waals surface area (Å²) in [6.07, 6.45) is 0.270. The maximum Gasteiger partial charge on any atom is 0.438 e. The van der Waals surface area contributed by atoms with E-state index in [-0.39, 0.29) is 12.2 Å². The quantitative estimate of drug-likeness (QED) is 0.883. The molecule has 0 fully saturated rings. The molecular formula is C10H8F2N2O3. The third-order valence-corrected chi connectivity index (χ3v) is 1.98. The van der Waals surface area contributed by atoms with Crippen LogP contribution in [-0.4, -0.2) is 16.8 Å². The summed E-state index contributed by atoms with van der Waals surface area (Å²) < 4.78 is 32.5. The minimum absolute atomic E-state index is 0.0586. The molecule has 0 radical (unpaired) electrons. The van der Waals surface area contributed by atoms with E-state index in [1.165, 1.54) is 12.1 Å². The fourth-order valence-electron chi connectivity index (χ4n) is 1.36. The van der Waals surface area contributed by atoms with Crippen molar-refractivity contribution >= 4 is 0 Å². The van der Waals surface area contributed by atoms with Gasteiger partial charge in [0.15, 0.2) is 5.82 Å². The van der Waals surface area contributed by atoms with E-state index in [0.717, 1.165) is 0 Å². The minimum atomic E-state index is -2.86. The third-order valence-electron chi connectivity index (χ3n) is 1.98. The van der Waals surface area contributed by atoms with Gasteiger partial charge in [-0.3, -0.25) is 9.51 Å². The Bertz CT molecular complexity index is 550. The summed E-state index contributed by atoms with van der Waals surface area (Å²) in [5.41, 5.74) is 0.674. The third kappa shape index (κ3) is 3.13. The first kappa shape index (κ1) is 11.3. The molecule has 7 heteroatoms. The van der Waals surface area contributed by atoms with Crippen LogP contribution in [0.15, 0.2) is 33.6 Å². The highest BCUT2D eigenvalue weighted by atomic mass is 19.3. The van der Waals surface area contributed by atoms with Crippen LogP contribution in [0.25, 0.3) is 0 Å². The first-order chi connectivity index (χ1) is 8.13. The van der Waals surface area contributed by atoms with Crippen LogP contribution in [0.4, 0.5) is 8.78 Å². The molecule has 0 aliphatic carbocycles. The standard InChI is InChI=1S/C10H8F2N2O3/c11-9(12)16-7-3-1-2-6(4-7)5-8-13-10(15)17-14-8/h1-4,9H,5H2,(H,13,14,15). The molecule has 1 aromatic heterocycles. The maximum atomic E-state index is 12.0. The summed E-state index contributed by atoms with van der Waals surface area (Å²) in [6, 6.07) is 6.14. The van der Waals surface area contributed by atoms with Crippen molar-refractivity contribution in [3.05, 3.63) is 46.2 Å². The van der Waals surface area contributed by atoms with Crippen LogP contribution in [-0.2, 0) is 6.42 Å². The van der Waals surface area contributed by atoms with Crippen LogP contribution in [0.3, 0.4) is 0 Å². The molecule has 1 N–H and O–H groups in total. The number of benzene rings is 1. The lowest BCUT2D eigenvalue weighted by atomic mass is 10.1. The van der Waals surface area contributed by atoms with Gasteiger partial charge < -0.3 is 4.74 Å². The topological polar surface area (TPSA) is 68.1 Å². The smallest absolute Gasteiger partial charge is 0.435 e. The highest BCUT2D eigenvalue weighted by molar-refractivity contribution is 5.30. The van der Waals surface area contributed by atoms with Crippen LogP contribution in [0.2, 0.25) is 0 Å². The van der Waals surface area contributed by atoms with Crippen molar-refractivity contribution in [3.8, 4) is 5.75 Å². The van der Waals surface area contributed by atoms with E-state index < -0.39 is 12.4 Å². The predicted molar refractivity (Wildman–Crippen MR) is 53.0 cm³/mol. The van der Waals surface area contributed by atoms with Gasteiger partial charge in [0, 0.05) is 6.42 Å². The fraction of sp³-hybridized carbons (Fsp3) is 0.200. The lowest BCUT2D eigenvalue weighted by molar-refractivity contribution is -0.0498. The van der Waals surface area contributed by atoms with Crippen LogP contribution in [0.1, 0.15) is 11.4 Å². The zero-order valence-corrected chi connectivity index (χ0v) is 8.52. The molecule has 0 bridgehead atoms. The van der Waals surface area contributed by atoms with E-state index >= 15 is 0 Å².